The van der Waals surface area contributed by atoms with Crippen LogP contribution in [0.4, 0.5) is 0 Å². The molecule has 0 aliphatic carbocycles. The lowest BCUT2D eigenvalue weighted by Gasteiger charge is -2.08. The molecule has 6 nitrogen and oxygen atoms in total. The number of rotatable bonds is 7. The van der Waals surface area contributed by atoms with Crippen LogP contribution in [-0.4, -0.2) is 28.7 Å². The summed E-state index contributed by atoms with van der Waals surface area (Å²) in [6.45, 7) is 0.523. The van der Waals surface area contributed by atoms with Gasteiger partial charge >= 0.3 is 0 Å². The number of sulfonamides is 1. The second-order valence-electron chi connectivity index (χ2n) is 3.42. The Morgan fingerprint density at radius 3 is 2.72 bits per heavy atom. The van der Waals surface area contributed by atoms with Crippen LogP contribution in [0.2, 0.25) is 5.02 Å². The van der Waals surface area contributed by atoms with Crippen LogP contribution < -0.4 is 15.4 Å². The number of benzene rings is 1. The third kappa shape index (κ3) is 4.11. The Hall–Kier alpha value is -0.860. The molecule has 0 saturated carbocycles. The van der Waals surface area contributed by atoms with Crippen molar-refractivity contribution < 1.29 is 18.0 Å². The molecule has 0 radical (unpaired) electrons. The molecule has 0 aromatic heterocycles. The number of halogens is 1. The number of methoxy groups -OCH3 is 1. The van der Waals surface area contributed by atoms with Gasteiger partial charge in [0.15, 0.2) is 0 Å². The SMILES string of the molecule is COc1ccc(S(=O)(=O)NCCCON)cc1Cl. The predicted molar refractivity (Wildman–Crippen MR) is 67.9 cm³/mol. The average Bonchev–Trinajstić information content (AvgIpc) is 2.34. The fourth-order valence-corrected chi connectivity index (χ4v) is 2.68. The lowest BCUT2D eigenvalue weighted by Crippen LogP contribution is -2.25. The van der Waals surface area contributed by atoms with E-state index in [0.29, 0.717) is 12.2 Å². The van der Waals surface area contributed by atoms with Crippen LogP contribution >= 0.6 is 11.6 Å². The highest BCUT2D eigenvalue weighted by atomic mass is 35.5. The van der Waals surface area contributed by atoms with Gasteiger partial charge in [0.25, 0.3) is 0 Å². The summed E-state index contributed by atoms with van der Waals surface area (Å²) in [5, 5.41) is 0.241. The molecule has 8 heteroatoms. The van der Waals surface area contributed by atoms with Crippen LogP contribution in [0, 0.1) is 0 Å². The molecule has 0 spiro atoms. The van der Waals surface area contributed by atoms with Gasteiger partial charge in [0.1, 0.15) is 5.75 Å². The van der Waals surface area contributed by atoms with Crippen molar-refractivity contribution in [3.8, 4) is 5.75 Å². The van der Waals surface area contributed by atoms with E-state index in [0.717, 1.165) is 0 Å². The fourth-order valence-electron chi connectivity index (χ4n) is 1.26. The normalized spacial score (nSPS) is 11.5. The van der Waals surface area contributed by atoms with Gasteiger partial charge in [0.2, 0.25) is 10.0 Å². The maximum Gasteiger partial charge on any atom is 0.240 e. The van der Waals surface area contributed by atoms with Gasteiger partial charge in [-0.2, -0.15) is 0 Å². The summed E-state index contributed by atoms with van der Waals surface area (Å²) in [5.41, 5.74) is 0. The summed E-state index contributed by atoms with van der Waals surface area (Å²) in [6, 6.07) is 4.26. The van der Waals surface area contributed by atoms with E-state index in [1.54, 1.807) is 0 Å². The van der Waals surface area contributed by atoms with Crippen molar-refractivity contribution in [1.29, 1.82) is 0 Å². The molecule has 0 atom stereocenters. The van der Waals surface area contributed by atoms with E-state index in [9.17, 15) is 8.42 Å². The third-order valence-electron chi connectivity index (χ3n) is 2.16. The lowest BCUT2D eigenvalue weighted by atomic mass is 10.3. The molecule has 0 bridgehead atoms. The summed E-state index contributed by atoms with van der Waals surface area (Å²) >= 11 is 5.87. The van der Waals surface area contributed by atoms with Crippen molar-refractivity contribution >= 4 is 21.6 Å². The highest BCUT2D eigenvalue weighted by Gasteiger charge is 2.15. The van der Waals surface area contributed by atoms with E-state index in [1.807, 2.05) is 0 Å². The van der Waals surface area contributed by atoms with Crippen molar-refractivity contribution in [1.82, 2.24) is 4.72 Å². The Morgan fingerprint density at radius 1 is 1.44 bits per heavy atom. The summed E-state index contributed by atoms with van der Waals surface area (Å²) in [4.78, 5) is 4.42. The minimum Gasteiger partial charge on any atom is -0.495 e. The fraction of sp³-hybridized carbons (Fsp3) is 0.400. The topological polar surface area (TPSA) is 90.7 Å². The van der Waals surface area contributed by atoms with Crippen molar-refractivity contribution in [2.75, 3.05) is 20.3 Å². The Morgan fingerprint density at radius 2 is 2.17 bits per heavy atom. The molecule has 0 aliphatic heterocycles. The van der Waals surface area contributed by atoms with Gasteiger partial charge < -0.3 is 9.57 Å². The molecule has 18 heavy (non-hydrogen) atoms. The van der Waals surface area contributed by atoms with E-state index in [4.69, 9.17) is 22.2 Å². The molecular weight excluding hydrogens is 280 g/mol. The molecule has 1 aromatic carbocycles. The minimum absolute atomic E-state index is 0.0852. The summed E-state index contributed by atoms with van der Waals surface area (Å²) in [5.74, 6) is 5.26. The van der Waals surface area contributed by atoms with Crippen LogP contribution in [0.25, 0.3) is 0 Å². The molecule has 1 aromatic rings. The van der Waals surface area contributed by atoms with E-state index < -0.39 is 10.0 Å². The standard InChI is InChI=1S/C10H15ClN2O4S/c1-16-10-4-3-8(7-9(10)11)18(14,15)13-5-2-6-17-12/h3-4,7,13H,2,5-6,12H2,1H3. The van der Waals surface area contributed by atoms with Crippen molar-refractivity contribution in [2.24, 2.45) is 5.90 Å². The molecular formula is C10H15ClN2O4S. The zero-order chi connectivity index (χ0) is 13.6. The number of hydrogen-bond acceptors (Lipinski definition) is 5. The van der Waals surface area contributed by atoms with Gasteiger partial charge in [-0.1, -0.05) is 11.6 Å². The van der Waals surface area contributed by atoms with Crippen molar-refractivity contribution in [3.63, 3.8) is 0 Å². The van der Waals surface area contributed by atoms with Crippen LogP contribution in [-0.2, 0) is 14.9 Å². The molecule has 0 amide bonds. The summed E-state index contributed by atoms with van der Waals surface area (Å²) in [6.07, 6.45) is 0.486. The lowest BCUT2D eigenvalue weighted by molar-refractivity contribution is 0.136. The van der Waals surface area contributed by atoms with Gasteiger partial charge in [-0.25, -0.2) is 19.0 Å². The van der Waals surface area contributed by atoms with Gasteiger partial charge in [-0.3, -0.25) is 0 Å². The van der Waals surface area contributed by atoms with Crippen LogP contribution in [0.5, 0.6) is 5.75 Å². The first-order chi connectivity index (χ1) is 8.51. The molecule has 0 aliphatic rings. The van der Waals surface area contributed by atoms with Gasteiger partial charge in [0, 0.05) is 6.54 Å². The first-order valence-electron chi connectivity index (χ1n) is 5.16. The molecule has 0 saturated heterocycles. The van der Waals surface area contributed by atoms with Crippen LogP contribution in [0.1, 0.15) is 6.42 Å². The Bertz CT molecular complexity index is 493. The molecule has 3 N–H and O–H groups in total. The first-order valence-corrected chi connectivity index (χ1v) is 7.02. The van der Waals surface area contributed by atoms with E-state index in [-0.39, 0.29) is 23.1 Å². The number of nitrogens with one attached hydrogen (secondary N) is 1. The molecule has 0 fully saturated rings. The van der Waals surface area contributed by atoms with E-state index in [1.165, 1.54) is 25.3 Å². The quantitative estimate of drug-likeness (QED) is 0.576. The molecule has 0 unspecified atom stereocenters. The predicted octanol–water partition coefficient (Wildman–Crippen LogP) is 0.907. The first kappa shape index (κ1) is 15.2. The largest absolute Gasteiger partial charge is 0.495 e. The Labute approximate surface area is 111 Å². The zero-order valence-corrected chi connectivity index (χ0v) is 11.4. The highest BCUT2D eigenvalue weighted by Crippen LogP contribution is 2.26. The van der Waals surface area contributed by atoms with E-state index >= 15 is 0 Å². The number of hydrogen-bond donors (Lipinski definition) is 2. The van der Waals surface area contributed by atoms with Crippen molar-refractivity contribution in [3.05, 3.63) is 23.2 Å². The molecule has 1 rings (SSSR count). The van der Waals surface area contributed by atoms with Crippen molar-refractivity contribution in [2.45, 2.75) is 11.3 Å². The maximum atomic E-state index is 11.9. The highest BCUT2D eigenvalue weighted by molar-refractivity contribution is 7.89. The second-order valence-corrected chi connectivity index (χ2v) is 5.59. The number of ether oxygens (including phenoxy) is 1. The van der Waals surface area contributed by atoms with Gasteiger partial charge in [0.05, 0.1) is 23.6 Å². The average molecular weight is 295 g/mol. The minimum atomic E-state index is -3.57. The second kappa shape index (κ2) is 6.91. The Balaban J connectivity index is 2.76. The van der Waals surface area contributed by atoms with Crippen LogP contribution in [0.15, 0.2) is 23.1 Å². The van der Waals surface area contributed by atoms with Gasteiger partial charge in [-0.15, -0.1) is 0 Å². The zero-order valence-electron chi connectivity index (χ0n) is 9.85. The summed E-state index contributed by atoms with van der Waals surface area (Å²) in [7, 11) is -2.12. The maximum absolute atomic E-state index is 11.9. The monoisotopic (exact) mass is 294 g/mol. The van der Waals surface area contributed by atoms with Crippen LogP contribution in [0.3, 0.4) is 0 Å². The smallest absolute Gasteiger partial charge is 0.240 e. The summed E-state index contributed by atoms with van der Waals surface area (Å²) < 4.78 is 31.1. The number of nitrogens with two attached hydrogens (primary N) is 1. The molecule has 0 heterocycles. The van der Waals surface area contributed by atoms with Gasteiger partial charge in [-0.05, 0) is 24.6 Å². The molecule has 102 valence electrons. The van der Waals surface area contributed by atoms with E-state index in [2.05, 4.69) is 9.56 Å². The Kier molecular flexibility index (Phi) is 5.83. The third-order valence-corrected chi connectivity index (χ3v) is 3.92.